The molecule has 14 rings (SSSR count). The SMILES string of the molecule is C=C(/C=C1\C(=C/C)c2ccccc2C12c1ccccc1-c1ccccc12)N(c1ccc(-c2ccccc2)cc1)c1cccc(-c2ccc(-c3ccc4c(c3)c3ccccc3n4-c3ccc(-c4ccccc4)cc3)cc2)c1. The van der Waals surface area contributed by atoms with Gasteiger partial charge in [-0.05, 0) is 157 Å². The fraction of sp³-hybridized carbons (Fsp3) is 0.0270. The summed E-state index contributed by atoms with van der Waals surface area (Å²) < 4.78 is 2.39. The van der Waals surface area contributed by atoms with Gasteiger partial charge < -0.3 is 9.47 Å². The molecule has 11 aromatic carbocycles. The van der Waals surface area contributed by atoms with Crippen LogP contribution in [0.2, 0.25) is 0 Å². The summed E-state index contributed by atoms with van der Waals surface area (Å²) >= 11 is 0. The minimum atomic E-state index is -0.516. The number of benzene rings is 11. The van der Waals surface area contributed by atoms with Gasteiger partial charge in [0.05, 0.1) is 16.4 Å². The van der Waals surface area contributed by atoms with E-state index < -0.39 is 5.41 Å². The molecule has 0 N–H and O–H groups in total. The third-order valence-electron chi connectivity index (χ3n) is 15.9. The van der Waals surface area contributed by atoms with Crippen LogP contribution in [0.5, 0.6) is 0 Å². The van der Waals surface area contributed by atoms with Crippen LogP contribution < -0.4 is 4.90 Å². The van der Waals surface area contributed by atoms with E-state index in [0.717, 1.165) is 33.9 Å². The molecule has 1 heterocycles. The summed E-state index contributed by atoms with van der Waals surface area (Å²) in [6.45, 7) is 7.17. The Balaban J connectivity index is 0.844. The normalized spacial score (nSPS) is 14.1. The molecule has 0 bridgehead atoms. The lowest BCUT2D eigenvalue weighted by Crippen LogP contribution is -2.27. The van der Waals surface area contributed by atoms with Gasteiger partial charge in [0, 0.05) is 33.5 Å². The zero-order valence-electron chi connectivity index (χ0n) is 42.2. The molecule has 0 amide bonds. The number of nitrogens with zero attached hydrogens (tertiary/aromatic N) is 2. The summed E-state index contributed by atoms with van der Waals surface area (Å²) in [6, 6.07) is 99.6. The monoisotopic (exact) mass is 968 g/mol. The Morgan fingerprint density at radius 2 is 0.829 bits per heavy atom. The first-order chi connectivity index (χ1) is 37.6. The van der Waals surface area contributed by atoms with E-state index >= 15 is 0 Å². The highest BCUT2D eigenvalue weighted by Crippen LogP contribution is 2.64. The Morgan fingerprint density at radius 1 is 0.382 bits per heavy atom. The third-order valence-corrected chi connectivity index (χ3v) is 15.9. The van der Waals surface area contributed by atoms with Gasteiger partial charge in [-0.25, -0.2) is 0 Å². The Hall–Kier alpha value is -9.76. The van der Waals surface area contributed by atoms with E-state index in [1.165, 1.54) is 99.7 Å². The first-order valence-electron chi connectivity index (χ1n) is 26.3. The van der Waals surface area contributed by atoms with Gasteiger partial charge in [-0.2, -0.15) is 0 Å². The smallest absolute Gasteiger partial charge is 0.0726 e. The van der Waals surface area contributed by atoms with Gasteiger partial charge in [-0.1, -0.05) is 231 Å². The van der Waals surface area contributed by atoms with Crippen LogP contribution in [0.1, 0.15) is 29.2 Å². The minimum Gasteiger partial charge on any atom is -0.311 e. The maximum atomic E-state index is 4.99. The zero-order chi connectivity index (χ0) is 50.7. The zero-order valence-corrected chi connectivity index (χ0v) is 42.2. The molecule has 0 radical (unpaired) electrons. The topological polar surface area (TPSA) is 8.17 Å². The molecule has 2 nitrogen and oxygen atoms in total. The number of hydrogen-bond acceptors (Lipinski definition) is 1. The summed E-state index contributed by atoms with van der Waals surface area (Å²) in [6.07, 6.45) is 4.67. The summed E-state index contributed by atoms with van der Waals surface area (Å²) in [7, 11) is 0. The fourth-order valence-electron chi connectivity index (χ4n) is 12.5. The number of hydrogen-bond donors (Lipinski definition) is 0. The van der Waals surface area contributed by atoms with Gasteiger partial charge in [0.25, 0.3) is 0 Å². The van der Waals surface area contributed by atoms with Crippen LogP contribution in [0.25, 0.3) is 88.7 Å². The molecule has 12 aromatic rings. The Bertz CT molecular complexity index is 4220. The molecular weight excluding hydrogens is 917 g/mol. The van der Waals surface area contributed by atoms with E-state index in [1.807, 2.05) is 0 Å². The average molecular weight is 969 g/mol. The van der Waals surface area contributed by atoms with Crippen molar-refractivity contribution in [3.8, 4) is 61.3 Å². The fourth-order valence-corrected chi connectivity index (χ4v) is 12.5. The molecule has 0 saturated heterocycles. The highest BCUT2D eigenvalue weighted by atomic mass is 15.1. The van der Waals surface area contributed by atoms with Gasteiger partial charge in [0.1, 0.15) is 0 Å². The number of rotatable bonds is 9. The molecule has 2 aliphatic rings. The largest absolute Gasteiger partial charge is 0.311 e. The highest BCUT2D eigenvalue weighted by Gasteiger charge is 2.53. The van der Waals surface area contributed by atoms with Crippen molar-refractivity contribution >= 4 is 38.8 Å². The van der Waals surface area contributed by atoms with Gasteiger partial charge >= 0.3 is 0 Å². The molecule has 0 aliphatic heterocycles. The van der Waals surface area contributed by atoms with Gasteiger partial charge in [0.15, 0.2) is 0 Å². The first-order valence-corrected chi connectivity index (χ1v) is 26.3. The molecule has 0 saturated carbocycles. The molecule has 1 aromatic heterocycles. The lowest BCUT2D eigenvalue weighted by Gasteiger charge is -2.32. The molecule has 0 fully saturated rings. The van der Waals surface area contributed by atoms with Crippen molar-refractivity contribution < 1.29 is 0 Å². The quantitative estimate of drug-likeness (QED) is 0.140. The van der Waals surface area contributed by atoms with Gasteiger partial charge in [-0.3, -0.25) is 0 Å². The maximum Gasteiger partial charge on any atom is 0.0726 e. The Labute approximate surface area is 444 Å². The summed E-state index contributed by atoms with van der Waals surface area (Å²) in [5.74, 6) is 0. The molecule has 1 spiro atoms. The van der Waals surface area contributed by atoms with Gasteiger partial charge in [-0.15, -0.1) is 0 Å². The lowest BCUT2D eigenvalue weighted by atomic mass is 9.70. The summed E-state index contributed by atoms with van der Waals surface area (Å²) in [4.78, 5) is 2.33. The minimum absolute atomic E-state index is 0.516. The molecule has 76 heavy (non-hydrogen) atoms. The first kappa shape index (κ1) is 44.9. The Morgan fingerprint density at radius 3 is 1.45 bits per heavy atom. The number of para-hydroxylation sites is 1. The van der Waals surface area contributed by atoms with Crippen LogP contribution in [0.4, 0.5) is 11.4 Å². The van der Waals surface area contributed by atoms with E-state index in [-0.39, 0.29) is 0 Å². The molecule has 0 unspecified atom stereocenters. The van der Waals surface area contributed by atoms with Crippen molar-refractivity contribution in [3.63, 3.8) is 0 Å². The van der Waals surface area contributed by atoms with Crippen molar-refractivity contribution in [1.29, 1.82) is 0 Å². The maximum absolute atomic E-state index is 4.99. The predicted molar refractivity (Wildman–Crippen MR) is 320 cm³/mol. The Kier molecular flexibility index (Phi) is 10.8. The van der Waals surface area contributed by atoms with E-state index in [0.29, 0.717) is 0 Å². The third kappa shape index (κ3) is 7.17. The van der Waals surface area contributed by atoms with Crippen molar-refractivity contribution in [2.24, 2.45) is 0 Å². The van der Waals surface area contributed by atoms with Crippen molar-refractivity contribution in [2.45, 2.75) is 12.3 Å². The van der Waals surface area contributed by atoms with E-state index in [9.17, 15) is 0 Å². The summed E-state index contributed by atoms with van der Waals surface area (Å²) in [5.41, 5.74) is 25.6. The van der Waals surface area contributed by atoms with Crippen LogP contribution in [-0.4, -0.2) is 4.57 Å². The number of anilines is 2. The van der Waals surface area contributed by atoms with E-state index in [2.05, 4.69) is 302 Å². The van der Waals surface area contributed by atoms with Crippen molar-refractivity contribution in [3.05, 3.63) is 325 Å². The van der Waals surface area contributed by atoms with E-state index in [1.54, 1.807) is 0 Å². The molecule has 2 heteroatoms. The van der Waals surface area contributed by atoms with Crippen LogP contribution in [-0.2, 0) is 5.41 Å². The van der Waals surface area contributed by atoms with Crippen molar-refractivity contribution in [1.82, 2.24) is 4.57 Å². The second-order valence-electron chi connectivity index (χ2n) is 20.0. The number of allylic oxidation sites excluding steroid dienone is 4. The predicted octanol–water partition coefficient (Wildman–Crippen LogP) is 19.5. The lowest BCUT2D eigenvalue weighted by molar-refractivity contribution is 0.793. The molecule has 2 aliphatic carbocycles. The average Bonchev–Trinajstić information content (AvgIpc) is 4.22. The second kappa shape index (κ2) is 18.3. The standard InChI is InChI=1S/C74H52N2/c1-3-62-63-25-10-14-29-68(63)74(69-30-15-11-26-64(69)65-27-12-16-31-70(65)74)71(62)47-50(2)75(59-42-37-53(38-43-59)51-19-6-4-7-20-51)61-24-18-23-57(48-61)55-33-35-56(36-34-55)58-41-46-73-67(49-58)66-28-13-17-32-72(66)76(73)60-44-39-54(40-45-60)52-21-8-5-9-22-52/h3-49H,2H2,1H3/b62-3-,71-47+. The number of aromatic nitrogens is 1. The van der Waals surface area contributed by atoms with Crippen LogP contribution in [0.3, 0.4) is 0 Å². The van der Waals surface area contributed by atoms with Gasteiger partial charge in [0.2, 0.25) is 0 Å². The second-order valence-corrected chi connectivity index (χ2v) is 20.0. The molecule has 358 valence electrons. The number of fused-ring (bicyclic) bond motifs is 10. The van der Waals surface area contributed by atoms with Crippen molar-refractivity contribution in [2.75, 3.05) is 4.90 Å². The van der Waals surface area contributed by atoms with Crippen LogP contribution in [0.15, 0.2) is 303 Å². The summed E-state index contributed by atoms with van der Waals surface area (Å²) in [5, 5.41) is 2.48. The molecule has 0 atom stereocenters. The highest BCUT2D eigenvalue weighted by molar-refractivity contribution is 6.10. The van der Waals surface area contributed by atoms with E-state index in [4.69, 9.17) is 6.58 Å². The van der Waals surface area contributed by atoms with Crippen LogP contribution in [0, 0.1) is 0 Å². The van der Waals surface area contributed by atoms with Crippen LogP contribution >= 0.6 is 0 Å². The molecular formula is C74H52N2.